The van der Waals surface area contributed by atoms with E-state index in [2.05, 4.69) is 0 Å². The van der Waals surface area contributed by atoms with Crippen molar-refractivity contribution in [1.29, 1.82) is 0 Å². The Morgan fingerprint density at radius 1 is 0.750 bits per heavy atom. The first-order chi connectivity index (χ1) is 11.6. The van der Waals surface area contributed by atoms with Gasteiger partial charge in [0.05, 0.1) is 14.2 Å². The molecule has 4 nitrogen and oxygen atoms in total. The topological polar surface area (TPSA) is 52.6 Å². The van der Waals surface area contributed by atoms with Crippen LogP contribution in [0, 0.1) is 5.92 Å². The van der Waals surface area contributed by atoms with E-state index in [1.54, 1.807) is 0 Å². The van der Waals surface area contributed by atoms with Crippen LogP contribution in [-0.4, -0.2) is 26.2 Å². The molecule has 0 radical (unpaired) electrons. The van der Waals surface area contributed by atoms with E-state index in [0.29, 0.717) is 5.57 Å². The zero-order chi connectivity index (χ0) is 17.5. The summed E-state index contributed by atoms with van der Waals surface area (Å²) in [4.78, 5) is 24.6. The molecule has 0 fully saturated rings. The summed E-state index contributed by atoms with van der Waals surface area (Å²) in [7, 11) is 2.53. The van der Waals surface area contributed by atoms with Gasteiger partial charge < -0.3 is 9.47 Å². The maximum absolute atomic E-state index is 12.3. The molecule has 0 atom stereocenters. The standard InChI is InChI=1S/C20H20O4/c1-14(15-10-6-4-7-11-15)17(16-12-8-5-9-13-16)18(19(21)23-2)20(22)24-3/h4-13,18H,1-3H3/b17-14+. The second-order valence-corrected chi connectivity index (χ2v) is 5.25. The van der Waals surface area contributed by atoms with Gasteiger partial charge in [-0.1, -0.05) is 60.7 Å². The molecule has 4 heteroatoms. The third-order valence-corrected chi connectivity index (χ3v) is 3.86. The summed E-state index contributed by atoms with van der Waals surface area (Å²) >= 11 is 0. The lowest BCUT2D eigenvalue weighted by Gasteiger charge is -2.20. The fourth-order valence-electron chi connectivity index (χ4n) is 2.63. The SMILES string of the molecule is COC(=O)C(C(=O)OC)/C(=C(\C)c1ccccc1)c1ccccc1. The lowest BCUT2D eigenvalue weighted by molar-refractivity contribution is -0.155. The van der Waals surface area contributed by atoms with Crippen LogP contribution < -0.4 is 0 Å². The third kappa shape index (κ3) is 3.71. The molecule has 0 amide bonds. The van der Waals surface area contributed by atoms with Gasteiger partial charge in [0, 0.05) is 0 Å². The van der Waals surface area contributed by atoms with Gasteiger partial charge in [-0.05, 0) is 29.2 Å². The van der Waals surface area contributed by atoms with Crippen LogP contribution in [-0.2, 0) is 19.1 Å². The van der Waals surface area contributed by atoms with Crippen LogP contribution in [0.2, 0.25) is 0 Å². The Labute approximate surface area is 141 Å². The van der Waals surface area contributed by atoms with E-state index in [1.807, 2.05) is 67.6 Å². The van der Waals surface area contributed by atoms with Gasteiger partial charge in [0.2, 0.25) is 0 Å². The fourth-order valence-corrected chi connectivity index (χ4v) is 2.63. The van der Waals surface area contributed by atoms with Crippen molar-refractivity contribution in [2.75, 3.05) is 14.2 Å². The molecule has 0 heterocycles. The number of rotatable bonds is 5. The van der Waals surface area contributed by atoms with Gasteiger partial charge in [0.15, 0.2) is 5.92 Å². The summed E-state index contributed by atoms with van der Waals surface area (Å²) in [6, 6.07) is 18.9. The number of benzene rings is 2. The van der Waals surface area contributed by atoms with Crippen LogP contribution in [0.5, 0.6) is 0 Å². The lowest BCUT2D eigenvalue weighted by atomic mass is 9.86. The van der Waals surface area contributed by atoms with Crippen molar-refractivity contribution in [3.8, 4) is 0 Å². The normalized spacial score (nSPS) is 11.7. The molecule has 2 aromatic carbocycles. The van der Waals surface area contributed by atoms with Gasteiger partial charge in [-0.25, -0.2) is 0 Å². The molecular weight excluding hydrogens is 304 g/mol. The number of allylic oxidation sites excluding steroid dienone is 1. The molecule has 0 aliphatic heterocycles. The molecule has 2 aromatic rings. The van der Waals surface area contributed by atoms with E-state index in [4.69, 9.17) is 9.47 Å². The van der Waals surface area contributed by atoms with Crippen molar-refractivity contribution in [1.82, 2.24) is 0 Å². The zero-order valence-electron chi connectivity index (χ0n) is 14.0. The lowest BCUT2D eigenvalue weighted by Crippen LogP contribution is -2.28. The second-order valence-electron chi connectivity index (χ2n) is 5.25. The summed E-state index contributed by atoms with van der Waals surface area (Å²) in [5.41, 5.74) is 3.11. The maximum atomic E-state index is 12.3. The van der Waals surface area contributed by atoms with Gasteiger partial charge in [0.1, 0.15) is 0 Å². The molecule has 0 N–H and O–H groups in total. The minimum Gasteiger partial charge on any atom is -0.468 e. The first-order valence-electron chi connectivity index (χ1n) is 7.57. The molecule has 124 valence electrons. The van der Waals surface area contributed by atoms with Crippen molar-refractivity contribution in [2.45, 2.75) is 6.92 Å². The Morgan fingerprint density at radius 3 is 1.58 bits per heavy atom. The molecule has 24 heavy (non-hydrogen) atoms. The molecule has 0 aromatic heterocycles. The summed E-state index contributed by atoms with van der Waals surface area (Å²) < 4.78 is 9.70. The first-order valence-corrected chi connectivity index (χ1v) is 7.57. The Bertz CT molecular complexity index is 717. The summed E-state index contributed by atoms with van der Waals surface area (Å²) in [6.07, 6.45) is 0. The Kier molecular flexibility index (Phi) is 5.90. The van der Waals surface area contributed by atoms with E-state index < -0.39 is 17.9 Å². The number of carbonyl (C=O) groups is 2. The summed E-state index contributed by atoms with van der Waals surface area (Å²) in [5, 5.41) is 0. The van der Waals surface area contributed by atoms with Gasteiger partial charge >= 0.3 is 11.9 Å². The van der Waals surface area contributed by atoms with Crippen LogP contribution in [0.15, 0.2) is 60.7 Å². The van der Waals surface area contributed by atoms with Crippen LogP contribution >= 0.6 is 0 Å². The highest BCUT2D eigenvalue weighted by atomic mass is 16.5. The summed E-state index contributed by atoms with van der Waals surface area (Å²) in [5.74, 6) is -2.42. The van der Waals surface area contributed by atoms with Crippen LogP contribution in [0.1, 0.15) is 18.1 Å². The number of methoxy groups -OCH3 is 2. The molecule has 0 saturated heterocycles. The number of hydrogen-bond donors (Lipinski definition) is 0. The molecule has 0 aliphatic rings. The molecule has 0 spiro atoms. The predicted octanol–water partition coefficient (Wildman–Crippen LogP) is 3.58. The highest BCUT2D eigenvalue weighted by molar-refractivity contribution is 6.12. The molecular formula is C20H20O4. The van der Waals surface area contributed by atoms with E-state index in [1.165, 1.54) is 14.2 Å². The molecule has 2 rings (SSSR count). The largest absolute Gasteiger partial charge is 0.468 e. The Hall–Kier alpha value is -2.88. The smallest absolute Gasteiger partial charge is 0.324 e. The molecule has 0 saturated carbocycles. The Morgan fingerprint density at radius 2 is 1.17 bits per heavy atom. The highest BCUT2D eigenvalue weighted by Gasteiger charge is 2.34. The quantitative estimate of drug-likeness (QED) is 0.479. The van der Waals surface area contributed by atoms with Crippen molar-refractivity contribution >= 4 is 23.1 Å². The van der Waals surface area contributed by atoms with Gasteiger partial charge in [-0.2, -0.15) is 0 Å². The minimum absolute atomic E-state index is 0.584. The van der Waals surface area contributed by atoms with Gasteiger partial charge in [-0.15, -0.1) is 0 Å². The second kappa shape index (κ2) is 8.11. The number of esters is 2. The number of carbonyl (C=O) groups excluding carboxylic acids is 2. The van der Waals surface area contributed by atoms with Crippen LogP contribution in [0.4, 0.5) is 0 Å². The Balaban J connectivity index is 2.71. The highest BCUT2D eigenvalue weighted by Crippen LogP contribution is 2.33. The van der Waals surface area contributed by atoms with E-state index >= 15 is 0 Å². The van der Waals surface area contributed by atoms with Crippen LogP contribution in [0.3, 0.4) is 0 Å². The van der Waals surface area contributed by atoms with E-state index in [-0.39, 0.29) is 0 Å². The number of hydrogen-bond acceptors (Lipinski definition) is 4. The molecule has 0 bridgehead atoms. The summed E-state index contributed by atoms with van der Waals surface area (Å²) in [6.45, 7) is 1.89. The minimum atomic E-state index is -1.14. The molecule has 0 unspecified atom stereocenters. The van der Waals surface area contributed by atoms with Crippen molar-refractivity contribution in [2.24, 2.45) is 5.92 Å². The van der Waals surface area contributed by atoms with Gasteiger partial charge in [0.25, 0.3) is 0 Å². The first kappa shape index (κ1) is 17.5. The van der Waals surface area contributed by atoms with Crippen molar-refractivity contribution in [3.05, 3.63) is 71.8 Å². The monoisotopic (exact) mass is 324 g/mol. The number of ether oxygens (including phenoxy) is 2. The van der Waals surface area contributed by atoms with Crippen molar-refractivity contribution in [3.63, 3.8) is 0 Å². The fraction of sp³-hybridized carbons (Fsp3) is 0.200. The predicted molar refractivity (Wildman–Crippen MR) is 92.9 cm³/mol. The molecule has 0 aliphatic carbocycles. The van der Waals surface area contributed by atoms with Crippen molar-refractivity contribution < 1.29 is 19.1 Å². The van der Waals surface area contributed by atoms with E-state index in [0.717, 1.165) is 16.7 Å². The maximum Gasteiger partial charge on any atom is 0.324 e. The van der Waals surface area contributed by atoms with Crippen LogP contribution in [0.25, 0.3) is 11.1 Å². The van der Waals surface area contributed by atoms with E-state index in [9.17, 15) is 9.59 Å². The van der Waals surface area contributed by atoms with Gasteiger partial charge in [-0.3, -0.25) is 9.59 Å². The zero-order valence-corrected chi connectivity index (χ0v) is 14.0. The average molecular weight is 324 g/mol. The third-order valence-electron chi connectivity index (χ3n) is 3.86. The average Bonchev–Trinajstić information content (AvgIpc) is 2.65.